The number of nitrogens with one attached hydrogen (secondary N) is 2. The number of carbonyl (C=O) groups excluding carboxylic acids is 1. The number of hydrogen-bond donors (Lipinski definition) is 2. The lowest BCUT2D eigenvalue weighted by Crippen LogP contribution is -2.32. The van der Waals surface area contributed by atoms with Crippen LogP contribution < -0.4 is 5.32 Å². The Morgan fingerprint density at radius 2 is 2.60 bits per heavy atom. The van der Waals surface area contributed by atoms with E-state index in [1.165, 1.54) is 0 Å². The first-order chi connectivity index (χ1) is 7.25. The molecule has 1 aliphatic heterocycles. The summed E-state index contributed by atoms with van der Waals surface area (Å²) in [5.41, 5.74) is 0. The highest BCUT2D eigenvalue weighted by atomic mass is 16.5. The summed E-state index contributed by atoms with van der Waals surface area (Å²) in [7, 11) is 0. The van der Waals surface area contributed by atoms with Crippen LogP contribution in [0.25, 0.3) is 0 Å². The number of aryl methyl sites for hydroxylation is 1. The molecule has 1 fully saturated rings. The van der Waals surface area contributed by atoms with Gasteiger partial charge in [0.2, 0.25) is 5.82 Å². The minimum absolute atomic E-state index is 0.147. The normalized spacial score (nSPS) is 20.5. The maximum Gasteiger partial charge on any atom is 0.291 e. The van der Waals surface area contributed by atoms with Gasteiger partial charge in [0.25, 0.3) is 5.91 Å². The third-order valence-electron chi connectivity index (χ3n) is 2.31. The zero-order valence-corrected chi connectivity index (χ0v) is 8.62. The second-order valence-electron chi connectivity index (χ2n) is 3.59. The lowest BCUT2D eigenvalue weighted by molar-refractivity contribution is 0.0849. The van der Waals surface area contributed by atoms with E-state index < -0.39 is 0 Å². The van der Waals surface area contributed by atoms with Crippen molar-refractivity contribution in [3.63, 3.8) is 0 Å². The van der Waals surface area contributed by atoms with Gasteiger partial charge in [0, 0.05) is 13.2 Å². The van der Waals surface area contributed by atoms with Crippen molar-refractivity contribution in [2.75, 3.05) is 13.2 Å². The summed E-state index contributed by atoms with van der Waals surface area (Å²) in [6, 6.07) is 0. The Hall–Kier alpha value is -1.43. The predicted octanol–water partition coefficient (Wildman–Crippen LogP) is 0.0219. The lowest BCUT2D eigenvalue weighted by Gasteiger charge is -2.08. The molecule has 82 valence electrons. The summed E-state index contributed by atoms with van der Waals surface area (Å²) in [5, 5.41) is 9.14. The minimum atomic E-state index is -0.255. The molecule has 0 aromatic carbocycles. The molecule has 1 saturated heterocycles. The van der Waals surface area contributed by atoms with E-state index in [1.54, 1.807) is 6.92 Å². The first-order valence-corrected chi connectivity index (χ1v) is 5.04. The van der Waals surface area contributed by atoms with Gasteiger partial charge in [0.1, 0.15) is 5.82 Å². The molecule has 2 rings (SSSR count). The smallest absolute Gasteiger partial charge is 0.291 e. The van der Waals surface area contributed by atoms with Gasteiger partial charge in [-0.1, -0.05) is 0 Å². The largest absolute Gasteiger partial charge is 0.376 e. The topological polar surface area (TPSA) is 79.9 Å². The number of H-pyrrole nitrogens is 1. The van der Waals surface area contributed by atoms with Crippen molar-refractivity contribution in [1.82, 2.24) is 20.5 Å². The number of aromatic amines is 1. The Bertz CT molecular complexity index is 344. The maximum atomic E-state index is 11.5. The lowest BCUT2D eigenvalue weighted by atomic mass is 10.2. The number of amides is 1. The van der Waals surface area contributed by atoms with E-state index >= 15 is 0 Å². The third-order valence-corrected chi connectivity index (χ3v) is 2.31. The molecule has 0 spiro atoms. The second-order valence-corrected chi connectivity index (χ2v) is 3.59. The molecule has 0 saturated carbocycles. The van der Waals surface area contributed by atoms with E-state index in [9.17, 15) is 4.79 Å². The molecule has 6 nitrogen and oxygen atoms in total. The average Bonchev–Trinajstić information content (AvgIpc) is 2.84. The molecule has 1 amide bonds. The fourth-order valence-corrected chi connectivity index (χ4v) is 1.54. The average molecular weight is 210 g/mol. The molecule has 1 atom stereocenters. The van der Waals surface area contributed by atoms with Crippen LogP contribution in [-0.4, -0.2) is 40.3 Å². The molecule has 1 unspecified atom stereocenters. The maximum absolute atomic E-state index is 11.5. The molecule has 1 aromatic heterocycles. The van der Waals surface area contributed by atoms with Crippen molar-refractivity contribution >= 4 is 5.91 Å². The van der Waals surface area contributed by atoms with Crippen molar-refractivity contribution in [1.29, 1.82) is 0 Å². The Balaban J connectivity index is 1.81. The van der Waals surface area contributed by atoms with Crippen LogP contribution in [0, 0.1) is 6.92 Å². The number of nitrogens with zero attached hydrogens (tertiary/aromatic N) is 2. The number of ether oxygens (including phenoxy) is 1. The zero-order valence-electron chi connectivity index (χ0n) is 8.62. The van der Waals surface area contributed by atoms with Gasteiger partial charge >= 0.3 is 0 Å². The molecule has 2 heterocycles. The van der Waals surface area contributed by atoms with Crippen molar-refractivity contribution < 1.29 is 9.53 Å². The van der Waals surface area contributed by atoms with Gasteiger partial charge in [-0.3, -0.25) is 9.89 Å². The van der Waals surface area contributed by atoms with Crippen molar-refractivity contribution in [3.8, 4) is 0 Å². The van der Waals surface area contributed by atoms with E-state index in [2.05, 4.69) is 20.5 Å². The summed E-state index contributed by atoms with van der Waals surface area (Å²) >= 11 is 0. The van der Waals surface area contributed by atoms with E-state index in [0.29, 0.717) is 12.4 Å². The molecule has 0 radical (unpaired) electrons. The fourth-order valence-electron chi connectivity index (χ4n) is 1.54. The molecule has 0 aliphatic carbocycles. The first-order valence-electron chi connectivity index (χ1n) is 5.04. The van der Waals surface area contributed by atoms with Crippen LogP contribution in [0.2, 0.25) is 0 Å². The Morgan fingerprint density at radius 3 is 3.20 bits per heavy atom. The Kier molecular flexibility index (Phi) is 2.96. The SMILES string of the molecule is Cc1nc(C(=O)NCC2CCCO2)n[nH]1. The first kappa shape index (κ1) is 10.1. The standard InChI is InChI=1S/C9H14N4O2/c1-6-11-8(13-12-6)9(14)10-5-7-3-2-4-15-7/h7H,2-5H2,1H3,(H,10,14)(H,11,12,13). The molecule has 0 bridgehead atoms. The minimum Gasteiger partial charge on any atom is -0.376 e. The molecule has 1 aliphatic rings. The van der Waals surface area contributed by atoms with Crippen LogP contribution in [0.4, 0.5) is 0 Å². The highest BCUT2D eigenvalue weighted by molar-refractivity contribution is 5.90. The van der Waals surface area contributed by atoms with Gasteiger partial charge in [0.15, 0.2) is 0 Å². The van der Waals surface area contributed by atoms with E-state index in [1.807, 2.05) is 0 Å². The van der Waals surface area contributed by atoms with Gasteiger partial charge in [-0.05, 0) is 19.8 Å². The van der Waals surface area contributed by atoms with Crippen LogP contribution in [-0.2, 0) is 4.74 Å². The van der Waals surface area contributed by atoms with E-state index in [4.69, 9.17) is 4.74 Å². The van der Waals surface area contributed by atoms with Crippen LogP contribution in [0.15, 0.2) is 0 Å². The number of rotatable bonds is 3. The number of aromatic nitrogens is 3. The Morgan fingerprint density at radius 1 is 1.73 bits per heavy atom. The van der Waals surface area contributed by atoms with Gasteiger partial charge < -0.3 is 10.1 Å². The fraction of sp³-hybridized carbons (Fsp3) is 0.667. The molecule has 15 heavy (non-hydrogen) atoms. The summed E-state index contributed by atoms with van der Waals surface area (Å²) in [5.74, 6) is 0.567. The van der Waals surface area contributed by atoms with Gasteiger partial charge in [-0.15, -0.1) is 5.10 Å². The Labute approximate surface area is 87.4 Å². The second kappa shape index (κ2) is 4.39. The van der Waals surface area contributed by atoms with Crippen molar-refractivity contribution in [3.05, 3.63) is 11.6 Å². The van der Waals surface area contributed by atoms with Crippen LogP contribution >= 0.6 is 0 Å². The summed E-state index contributed by atoms with van der Waals surface area (Å²) in [6.07, 6.45) is 2.22. The van der Waals surface area contributed by atoms with Gasteiger partial charge in [-0.25, -0.2) is 4.98 Å². The van der Waals surface area contributed by atoms with Crippen LogP contribution in [0.3, 0.4) is 0 Å². The van der Waals surface area contributed by atoms with Gasteiger partial charge in [0.05, 0.1) is 6.10 Å². The molecular weight excluding hydrogens is 196 g/mol. The van der Waals surface area contributed by atoms with E-state index in [0.717, 1.165) is 19.4 Å². The molecule has 2 N–H and O–H groups in total. The third kappa shape index (κ3) is 2.53. The molecule has 1 aromatic rings. The van der Waals surface area contributed by atoms with Crippen LogP contribution in [0.5, 0.6) is 0 Å². The summed E-state index contributed by atoms with van der Waals surface area (Å²) < 4.78 is 5.38. The summed E-state index contributed by atoms with van der Waals surface area (Å²) in [4.78, 5) is 15.4. The van der Waals surface area contributed by atoms with Crippen LogP contribution in [0.1, 0.15) is 29.3 Å². The highest BCUT2D eigenvalue weighted by Crippen LogP contribution is 2.10. The molecule has 6 heteroatoms. The number of carbonyl (C=O) groups is 1. The predicted molar refractivity (Wildman–Crippen MR) is 52.4 cm³/mol. The molecular formula is C9H14N4O2. The van der Waals surface area contributed by atoms with Crippen molar-refractivity contribution in [2.24, 2.45) is 0 Å². The van der Waals surface area contributed by atoms with E-state index in [-0.39, 0.29) is 17.8 Å². The summed E-state index contributed by atoms with van der Waals surface area (Å²) in [6.45, 7) is 3.08. The number of hydrogen-bond acceptors (Lipinski definition) is 4. The van der Waals surface area contributed by atoms with Gasteiger partial charge in [-0.2, -0.15) is 0 Å². The highest BCUT2D eigenvalue weighted by Gasteiger charge is 2.17. The van der Waals surface area contributed by atoms with Crippen molar-refractivity contribution in [2.45, 2.75) is 25.9 Å². The monoisotopic (exact) mass is 210 g/mol. The zero-order chi connectivity index (χ0) is 10.7. The quantitative estimate of drug-likeness (QED) is 0.737.